The number of nitrogens with zero attached hydrogens (tertiary/aromatic N) is 1. The molecule has 0 aromatic rings. The van der Waals surface area contributed by atoms with Gasteiger partial charge in [0.15, 0.2) is 0 Å². The van der Waals surface area contributed by atoms with E-state index >= 15 is 0 Å². The van der Waals surface area contributed by atoms with Gasteiger partial charge in [-0.05, 0) is 0 Å². The smallest absolute Gasteiger partial charge is 0.134 e. The molecule has 68 valence electrons. The van der Waals surface area contributed by atoms with Gasteiger partial charge in [-0.25, -0.2) is 4.31 Å². The number of morpholine rings is 1. The van der Waals surface area contributed by atoms with Crippen molar-refractivity contribution in [2.75, 3.05) is 26.3 Å². The van der Waals surface area contributed by atoms with Crippen molar-refractivity contribution in [1.82, 2.24) is 4.31 Å². The van der Waals surface area contributed by atoms with Crippen LogP contribution in [0.2, 0.25) is 0 Å². The molecule has 0 aromatic heterocycles. The van der Waals surface area contributed by atoms with Gasteiger partial charge in [-0.1, -0.05) is 20.3 Å². The lowest BCUT2D eigenvalue weighted by atomic mass is 10.5. The van der Waals surface area contributed by atoms with Crippen molar-refractivity contribution in [3.8, 4) is 0 Å². The topological polar surface area (TPSA) is 12.5 Å². The Kier molecular flexibility index (Phi) is 8.45. The van der Waals surface area contributed by atoms with Gasteiger partial charge in [0.1, 0.15) is 12.3 Å². The molecule has 0 radical (unpaired) electrons. The van der Waals surface area contributed by atoms with E-state index in [4.69, 9.17) is 4.74 Å². The lowest BCUT2D eigenvalue weighted by molar-refractivity contribution is 0.0762. The van der Waals surface area contributed by atoms with Gasteiger partial charge in [0.05, 0.1) is 13.2 Å². The highest BCUT2D eigenvalue weighted by Crippen LogP contribution is 2.11. The molecule has 1 saturated heterocycles. The Balaban J connectivity index is 0.000000292. The zero-order chi connectivity index (χ0) is 8.53. The molecule has 1 aliphatic rings. The highest BCUT2D eigenvalue weighted by atomic mass is 32.2. The molecule has 0 amide bonds. The molecule has 0 saturated carbocycles. The van der Waals surface area contributed by atoms with Crippen LogP contribution in [0.25, 0.3) is 0 Å². The highest BCUT2D eigenvalue weighted by Gasteiger charge is 2.09. The van der Waals surface area contributed by atoms with Crippen molar-refractivity contribution in [2.45, 2.75) is 20.3 Å². The largest absolute Gasteiger partial charge is 0.379 e. The number of halogens is 1. The zero-order valence-electron chi connectivity index (χ0n) is 7.18. The van der Waals surface area contributed by atoms with Crippen LogP contribution < -0.4 is 0 Å². The second-order valence-corrected chi connectivity index (χ2v) is 2.97. The summed E-state index contributed by atoms with van der Waals surface area (Å²) in [5.74, 6) is 0. The molecule has 0 spiro atoms. The summed E-state index contributed by atoms with van der Waals surface area (Å²) in [7, 11) is 0. The fourth-order valence-electron chi connectivity index (χ4n) is 0.616. The number of hydrogen-bond donors (Lipinski definition) is 0. The van der Waals surface area contributed by atoms with E-state index < -0.39 is 0 Å². The van der Waals surface area contributed by atoms with Crippen LogP contribution in [0.3, 0.4) is 0 Å². The molecule has 2 nitrogen and oxygen atoms in total. The first-order chi connectivity index (χ1) is 5.35. The maximum Gasteiger partial charge on any atom is 0.134 e. The summed E-state index contributed by atoms with van der Waals surface area (Å²) in [6.07, 6.45) is 1.25. The highest BCUT2D eigenvalue weighted by molar-refractivity contribution is 7.91. The zero-order valence-corrected chi connectivity index (χ0v) is 7.99. The van der Waals surface area contributed by atoms with E-state index in [1.165, 1.54) is 6.42 Å². The molecule has 1 heterocycles. The summed E-state index contributed by atoms with van der Waals surface area (Å²) < 4.78 is 18.3. The second kappa shape index (κ2) is 8.30. The molecule has 0 N–H and O–H groups in total. The Bertz CT molecular complexity index is 78.8. The van der Waals surface area contributed by atoms with Crippen LogP contribution in [0.5, 0.6) is 0 Å². The lowest BCUT2D eigenvalue weighted by Gasteiger charge is -2.20. The average Bonchev–Trinajstić information content (AvgIpc) is 2.08. The maximum absolute atomic E-state index is 11.7. The number of hydrogen-bond acceptors (Lipinski definition) is 3. The van der Waals surface area contributed by atoms with Gasteiger partial charge in [-0.3, -0.25) is 0 Å². The van der Waals surface area contributed by atoms with E-state index in [0.29, 0.717) is 38.6 Å². The van der Waals surface area contributed by atoms with Gasteiger partial charge in [-0.2, -0.15) is 0 Å². The van der Waals surface area contributed by atoms with Crippen LogP contribution >= 0.6 is 12.3 Å². The summed E-state index contributed by atoms with van der Waals surface area (Å²) in [6, 6.07) is 0. The Morgan fingerprint density at radius 1 is 1.36 bits per heavy atom. The third-order valence-corrected chi connectivity index (χ3v) is 1.63. The van der Waals surface area contributed by atoms with Crippen LogP contribution in [-0.2, 0) is 4.74 Å². The molecule has 11 heavy (non-hydrogen) atoms. The van der Waals surface area contributed by atoms with Gasteiger partial charge in [0.2, 0.25) is 0 Å². The number of rotatable bonds is 1. The summed E-state index contributed by atoms with van der Waals surface area (Å²) in [6.45, 7) is 7.00. The minimum Gasteiger partial charge on any atom is -0.379 e. The molecule has 4 heteroatoms. The van der Waals surface area contributed by atoms with E-state index in [2.05, 4.69) is 13.8 Å². The van der Waals surface area contributed by atoms with Crippen molar-refractivity contribution in [2.24, 2.45) is 0 Å². The summed E-state index contributed by atoms with van der Waals surface area (Å²) >= 11 is 0.299. The van der Waals surface area contributed by atoms with Gasteiger partial charge < -0.3 is 4.74 Å². The summed E-state index contributed by atoms with van der Waals surface area (Å²) in [5, 5.41) is 0. The van der Waals surface area contributed by atoms with Gasteiger partial charge in [-0.15, -0.1) is 3.89 Å². The standard InChI is InChI=1S/C4H8FNOS.C3H8/c5-8-6-1-3-7-4-2-6;1-3-2/h1-4H2;3H2,1-2H3. The molecule has 0 bridgehead atoms. The average molecular weight is 181 g/mol. The van der Waals surface area contributed by atoms with Crippen LogP contribution in [0.15, 0.2) is 0 Å². The van der Waals surface area contributed by atoms with Crippen molar-refractivity contribution < 1.29 is 8.62 Å². The second-order valence-electron chi connectivity index (χ2n) is 2.32. The Hall–Kier alpha value is 0.200. The fourth-order valence-corrected chi connectivity index (χ4v) is 0.903. The molecule has 1 rings (SSSR count). The van der Waals surface area contributed by atoms with Crippen LogP contribution in [-0.4, -0.2) is 30.6 Å². The molecule has 0 aromatic carbocycles. The van der Waals surface area contributed by atoms with Crippen molar-refractivity contribution >= 4 is 12.3 Å². The summed E-state index contributed by atoms with van der Waals surface area (Å²) in [5.41, 5.74) is 0. The van der Waals surface area contributed by atoms with E-state index in [0.717, 1.165) is 0 Å². The molecule has 0 aliphatic carbocycles. The van der Waals surface area contributed by atoms with Crippen LogP contribution in [0.4, 0.5) is 3.89 Å². The quantitative estimate of drug-likeness (QED) is 0.576. The third-order valence-electron chi connectivity index (χ3n) is 1.07. The first-order valence-electron chi connectivity index (χ1n) is 3.96. The van der Waals surface area contributed by atoms with Crippen LogP contribution in [0.1, 0.15) is 20.3 Å². The normalized spacial score (nSPS) is 18.8. The molecular weight excluding hydrogens is 165 g/mol. The predicted molar refractivity (Wildman–Crippen MR) is 47.1 cm³/mol. The Morgan fingerprint density at radius 3 is 2.09 bits per heavy atom. The molecular formula is C7H16FNOS. The number of ether oxygens (including phenoxy) is 1. The maximum atomic E-state index is 11.7. The summed E-state index contributed by atoms with van der Waals surface area (Å²) in [4.78, 5) is 0. The van der Waals surface area contributed by atoms with Crippen molar-refractivity contribution in [3.63, 3.8) is 0 Å². The Morgan fingerprint density at radius 2 is 1.82 bits per heavy atom. The molecule has 0 atom stereocenters. The monoisotopic (exact) mass is 181 g/mol. The minimum atomic E-state index is 0.299. The fraction of sp³-hybridized carbons (Fsp3) is 1.00. The first-order valence-corrected chi connectivity index (χ1v) is 4.63. The molecule has 1 fully saturated rings. The third kappa shape index (κ3) is 6.59. The minimum absolute atomic E-state index is 0.299. The molecule has 0 unspecified atom stereocenters. The lowest BCUT2D eigenvalue weighted by Crippen LogP contribution is -2.30. The molecule has 1 aliphatic heterocycles. The first kappa shape index (κ1) is 11.2. The van der Waals surface area contributed by atoms with Gasteiger partial charge in [0, 0.05) is 13.1 Å². The van der Waals surface area contributed by atoms with Gasteiger partial charge in [0.25, 0.3) is 0 Å². The van der Waals surface area contributed by atoms with Gasteiger partial charge >= 0.3 is 0 Å². The van der Waals surface area contributed by atoms with E-state index in [-0.39, 0.29) is 0 Å². The predicted octanol–water partition coefficient (Wildman–Crippen LogP) is 2.27. The van der Waals surface area contributed by atoms with E-state index in [1.54, 1.807) is 4.31 Å². The van der Waals surface area contributed by atoms with Crippen molar-refractivity contribution in [3.05, 3.63) is 0 Å². The van der Waals surface area contributed by atoms with Crippen molar-refractivity contribution in [1.29, 1.82) is 0 Å². The Labute approximate surface area is 72.5 Å². The van der Waals surface area contributed by atoms with E-state index in [9.17, 15) is 3.89 Å². The SMILES string of the molecule is CCC.FSN1CCOCC1. The van der Waals surface area contributed by atoms with Crippen LogP contribution in [0, 0.1) is 0 Å². The van der Waals surface area contributed by atoms with E-state index in [1.807, 2.05) is 0 Å².